The van der Waals surface area contributed by atoms with Crippen LogP contribution in [-0.4, -0.2) is 0 Å². The van der Waals surface area contributed by atoms with Gasteiger partial charge in [0, 0.05) is 28.1 Å². The summed E-state index contributed by atoms with van der Waals surface area (Å²) < 4.78 is 17.1. The van der Waals surface area contributed by atoms with Crippen LogP contribution in [0.3, 0.4) is 0 Å². The molecule has 5 aromatic rings. The average molecular weight is 459 g/mol. The van der Waals surface area contributed by atoms with E-state index in [1.807, 2.05) is 26.0 Å². The highest BCUT2D eigenvalue weighted by Crippen LogP contribution is 2.27. The van der Waals surface area contributed by atoms with Gasteiger partial charge in [0.25, 0.3) is 0 Å². The van der Waals surface area contributed by atoms with Crippen molar-refractivity contribution in [3.8, 4) is 16.9 Å². The van der Waals surface area contributed by atoms with Crippen molar-refractivity contribution >= 4 is 33.5 Å². The molecule has 0 N–H and O–H groups in total. The smallest absolute Gasteiger partial charge is 0.336 e. The van der Waals surface area contributed by atoms with E-state index in [2.05, 4.69) is 0 Å². The van der Waals surface area contributed by atoms with Gasteiger partial charge in [0.2, 0.25) is 0 Å². The molecule has 6 heteroatoms. The summed E-state index contributed by atoms with van der Waals surface area (Å²) in [6.07, 6.45) is 1.44. The highest BCUT2D eigenvalue weighted by atomic mass is 35.5. The summed E-state index contributed by atoms with van der Waals surface area (Å²) >= 11 is 5.94. The van der Waals surface area contributed by atoms with Gasteiger partial charge in [0.15, 0.2) is 5.43 Å². The molecule has 2 aromatic heterocycles. The molecule has 33 heavy (non-hydrogen) atoms. The number of ether oxygens (including phenoxy) is 1. The Kier molecular flexibility index (Phi) is 5.27. The van der Waals surface area contributed by atoms with Crippen molar-refractivity contribution in [1.82, 2.24) is 0 Å². The van der Waals surface area contributed by atoms with Crippen LogP contribution < -0.4 is 15.8 Å². The number of halogens is 1. The topological polar surface area (TPSA) is 69.7 Å². The van der Waals surface area contributed by atoms with Gasteiger partial charge in [-0.05, 0) is 60.9 Å². The minimum absolute atomic E-state index is 0.136. The first-order valence-electron chi connectivity index (χ1n) is 10.4. The first-order chi connectivity index (χ1) is 15.9. The normalized spacial score (nSPS) is 11.2. The fourth-order valence-corrected chi connectivity index (χ4v) is 4.20. The summed E-state index contributed by atoms with van der Waals surface area (Å²) in [6, 6.07) is 17.4. The molecule has 0 atom stereocenters. The summed E-state index contributed by atoms with van der Waals surface area (Å²) in [5.74, 6) is 0.524. The summed E-state index contributed by atoms with van der Waals surface area (Å²) in [5, 5.41) is 1.91. The van der Waals surface area contributed by atoms with Crippen molar-refractivity contribution in [3.63, 3.8) is 0 Å². The zero-order chi connectivity index (χ0) is 23.1. The second-order valence-corrected chi connectivity index (χ2v) is 8.41. The van der Waals surface area contributed by atoms with Crippen LogP contribution in [-0.2, 0) is 6.61 Å². The van der Waals surface area contributed by atoms with E-state index < -0.39 is 5.63 Å². The van der Waals surface area contributed by atoms with Crippen LogP contribution in [0.15, 0.2) is 85.4 Å². The fourth-order valence-electron chi connectivity index (χ4n) is 4.07. The van der Waals surface area contributed by atoms with E-state index in [1.54, 1.807) is 42.5 Å². The number of benzene rings is 3. The Morgan fingerprint density at radius 3 is 2.48 bits per heavy atom. The van der Waals surface area contributed by atoms with E-state index in [0.29, 0.717) is 32.9 Å². The summed E-state index contributed by atoms with van der Waals surface area (Å²) in [5.41, 5.74) is 4.34. The molecular formula is C27H19ClO5. The third kappa shape index (κ3) is 4.03. The summed E-state index contributed by atoms with van der Waals surface area (Å²) in [7, 11) is 0. The second kappa shape index (κ2) is 8.26. The van der Waals surface area contributed by atoms with Crippen LogP contribution in [0, 0.1) is 13.8 Å². The zero-order valence-electron chi connectivity index (χ0n) is 18.0. The lowest BCUT2D eigenvalue weighted by Gasteiger charge is -2.11. The lowest BCUT2D eigenvalue weighted by atomic mass is 10.0. The molecule has 0 spiro atoms. The molecule has 0 radical (unpaired) electrons. The molecule has 3 aromatic carbocycles. The standard InChI is InChI=1S/C27H19ClO5/c1-15-9-16(2)26-18(11-25(29)33-24(26)10-15)13-31-20-7-8-21-23(12-20)32-14-22(27(21)30)17-3-5-19(28)6-4-17/h3-12,14H,13H2,1-2H3. The molecule has 2 heterocycles. The molecule has 0 aliphatic rings. The molecule has 0 unspecified atom stereocenters. The van der Waals surface area contributed by atoms with E-state index in [1.165, 1.54) is 12.3 Å². The van der Waals surface area contributed by atoms with E-state index in [0.717, 1.165) is 27.6 Å². The molecule has 0 bridgehead atoms. The first kappa shape index (κ1) is 21.0. The highest BCUT2D eigenvalue weighted by Gasteiger charge is 2.12. The Morgan fingerprint density at radius 2 is 1.70 bits per heavy atom. The Labute approximate surface area is 193 Å². The molecule has 0 saturated carbocycles. The van der Waals surface area contributed by atoms with Gasteiger partial charge < -0.3 is 13.6 Å². The van der Waals surface area contributed by atoms with Gasteiger partial charge >= 0.3 is 5.63 Å². The van der Waals surface area contributed by atoms with E-state index in [4.69, 9.17) is 25.2 Å². The lowest BCUT2D eigenvalue weighted by molar-refractivity contribution is 0.306. The summed E-state index contributed by atoms with van der Waals surface area (Å²) in [6.45, 7) is 4.10. The largest absolute Gasteiger partial charge is 0.489 e. The third-order valence-electron chi connectivity index (χ3n) is 5.56. The Hall–Kier alpha value is -3.83. The zero-order valence-corrected chi connectivity index (χ0v) is 18.7. The van der Waals surface area contributed by atoms with Crippen molar-refractivity contribution in [2.75, 3.05) is 0 Å². The molecule has 0 aliphatic carbocycles. The van der Waals surface area contributed by atoms with Crippen LogP contribution in [0.25, 0.3) is 33.1 Å². The van der Waals surface area contributed by atoms with Gasteiger partial charge in [0.05, 0.1) is 10.9 Å². The van der Waals surface area contributed by atoms with E-state index >= 15 is 0 Å². The predicted molar refractivity (Wildman–Crippen MR) is 129 cm³/mol. The Balaban J connectivity index is 1.47. The minimum atomic E-state index is -0.426. The molecule has 164 valence electrons. The van der Waals surface area contributed by atoms with Crippen LogP contribution in [0.4, 0.5) is 0 Å². The quantitative estimate of drug-likeness (QED) is 0.291. The fraction of sp³-hybridized carbons (Fsp3) is 0.111. The van der Waals surface area contributed by atoms with Crippen molar-refractivity contribution in [1.29, 1.82) is 0 Å². The minimum Gasteiger partial charge on any atom is -0.489 e. The molecule has 0 amide bonds. The third-order valence-corrected chi connectivity index (χ3v) is 5.82. The van der Waals surface area contributed by atoms with Crippen molar-refractivity contribution in [2.24, 2.45) is 0 Å². The van der Waals surface area contributed by atoms with Crippen molar-refractivity contribution in [2.45, 2.75) is 20.5 Å². The van der Waals surface area contributed by atoms with E-state index in [9.17, 15) is 9.59 Å². The van der Waals surface area contributed by atoms with Gasteiger partial charge in [-0.2, -0.15) is 0 Å². The van der Waals surface area contributed by atoms with Gasteiger partial charge in [-0.3, -0.25) is 4.79 Å². The number of fused-ring (bicyclic) bond motifs is 2. The van der Waals surface area contributed by atoms with Crippen molar-refractivity contribution in [3.05, 3.63) is 109 Å². The Morgan fingerprint density at radius 1 is 0.909 bits per heavy atom. The molecule has 5 rings (SSSR count). The molecule has 0 fully saturated rings. The van der Waals surface area contributed by atoms with Gasteiger partial charge in [-0.25, -0.2) is 4.79 Å². The molecule has 0 aliphatic heterocycles. The highest BCUT2D eigenvalue weighted by molar-refractivity contribution is 6.30. The number of hydrogen-bond donors (Lipinski definition) is 0. The SMILES string of the molecule is Cc1cc(C)c2c(COc3ccc4c(=O)c(-c5ccc(Cl)cc5)coc4c3)cc(=O)oc2c1. The molecule has 5 nitrogen and oxygen atoms in total. The van der Waals surface area contributed by atoms with Crippen LogP contribution in [0.1, 0.15) is 16.7 Å². The number of hydrogen-bond acceptors (Lipinski definition) is 5. The second-order valence-electron chi connectivity index (χ2n) is 7.98. The first-order valence-corrected chi connectivity index (χ1v) is 10.7. The van der Waals surface area contributed by atoms with E-state index in [-0.39, 0.29) is 12.0 Å². The molecular weight excluding hydrogens is 440 g/mol. The van der Waals surface area contributed by atoms with Gasteiger partial charge in [0.1, 0.15) is 29.8 Å². The lowest BCUT2D eigenvalue weighted by Crippen LogP contribution is -2.06. The Bertz CT molecular complexity index is 1630. The summed E-state index contributed by atoms with van der Waals surface area (Å²) in [4.78, 5) is 25.0. The van der Waals surface area contributed by atoms with Crippen LogP contribution >= 0.6 is 11.6 Å². The number of rotatable bonds is 4. The predicted octanol–water partition coefficient (Wildman–Crippen LogP) is 6.42. The van der Waals surface area contributed by atoms with Gasteiger partial charge in [-0.15, -0.1) is 0 Å². The maximum Gasteiger partial charge on any atom is 0.336 e. The maximum atomic E-state index is 13.0. The van der Waals surface area contributed by atoms with Gasteiger partial charge in [-0.1, -0.05) is 29.8 Å². The average Bonchev–Trinajstić information content (AvgIpc) is 2.78. The monoisotopic (exact) mass is 458 g/mol. The molecule has 0 saturated heterocycles. The van der Waals surface area contributed by atoms with Crippen molar-refractivity contribution < 1.29 is 13.6 Å². The van der Waals surface area contributed by atoms with Crippen LogP contribution in [0.5, 0.6) is 5.75 Å². The number of aryl methyl sites for hydroxylation is 2. The maximum absolute atomic E-state index is 13.0. The van der Waals surface area contributed by atoms with Crippen LogP contribution in [0.2, 0.25) is 5.02 Å².